The molecule has 0 N–H and O–H groups in total. The summed E-state index contributed by atoms with van der Waals surface area (Å²) in [6.45, 7) is 0.419. The fraction of sp³-hybridized carbons (Fsp3) is 0.273. The minimum atomic E-state index is -9.94. The molecule has 1 aliphatic heterocycles. The van der Waals surface area contributed by atoms with Crippen molar-refractivity contribution >= 4 is 21.5 Å². The molecular formula is C11H10F5NO3S. The molecule has 2 rings (SSSR count). The van der Waals surface area contributed by atoms with Crippen LogP contribution in [0.15, 0.2) is 29.2 Å². The van der Waals surface area contributed by atoms with Crippen LogP contribution >= 0.6 is 10.2 Å². The molecule has 4 nitrogen and oxygen atoms in total. The molecule has 0 aliphatic carbocycles. The molecule has 0 unspecified atom stereocenters. The highest BCUT2D eigenvalue weighted by molar-refractivity contribution is 8.45. The van der Waals surface area contributed by atoms with Gasteiger partial charge in [-0.25, -0.2) is 0 Å². The number of nitro groups is 1. The Hall–Kier alpha value is -1.68. The van der Waals surface area contributed by atoms with Crippen molar-refractivity contribution in [2.75, 3.05) is 13.2 Å². The van der Waals surface area contributed by atoms with E-state index in [1.54, 1.807) is 0 Å². The molecule has 0 amide bonds. The second-order valence-corrected chi connectivity index (χ2v) is 6.87. The van der Waals surface area contributed by atoms with Crippen LogP contribution in [0.25, 0.3) is 5.57 Å². The Balaban J connectivity index is 2.62. The minimum Gasteiger partial charge on any atom is -0.377 e. The van der Waals surface area contributed by atoms with E-state index in [9.17, 15) is 29.5 Å². The van der Waals surface area contributed by atoms with E-state index >= 15 is 0 Å². The maximum atomic E-state index is 12.7. The highest BCUT2D eigenvalue weighted by Crippen LogP contribution is 3.02. The van der Waals surface area contributed by atoms with Crippen LogP contribution in [0.3, 0.4) is 0 Å². The van der Waals surface area contributed by atoms with E-state index in [1.807, 2.05) is 0 Å². The largest absolute Gasteiger partial charge is 0.377 e. The molecule has 0 atom stereocenters. The Morgan fingerprint density at radius 1 is 1.19 bits per heavy atom. The summed E-state index contributed by atoms with van der Waals surface area (Å²) < 4.78 is 68.5. The Labute approximate surface area is 116 Å². The van der Waals surface area contributed by atoms with E-state index < -0.39 is 25.7 Å². The number of hydrogen-bond donors (Lipinski definition) is 0. The van der Waals surface area contributed by atoms with E-state index in [1.165, 1.54) is 6.08 Å². The van der Waals surface area contributed by atoms with E-state index in [0.29, 0.717) is 11.6 Å². The van der Waals surface area contributed by atoms with Crippen molar-refractivity contribution in [3.8, 4) is 0 Å². The quantitative estimate of drug-likeness (QED) is 0.442. The Morgan fingerprint density at radius 2 is 1.86 bits per heavy atom. The molecule has 0 spiro atoms. The summed E-state index contributed by atoms with van der Waals surface area (Å²) in [5, 5.41) is 10.9. The molecule has 0 bridgehead atoms. The lowest BCUT2D eigenvalue weighted by molar-refractivity contribution is -0.385. The standard InChI is InChI=1S/C11H10F5NO3S/c12-21(13,14,15,16)9-1-2-10(11(7-9)17(18)19)8-3-5-20-6-4-8/h1-3,7H,4-6H2. The molecule has 1 heterocycles. The second-order valence-electron chi connectivity index (χ2n) is 4.46. The number of benzene rings is 1. The lowest BCUT2D eigenvalue weighted by Crippen LogP contribution is -2.09. The van der Waals surface area contributed by atoms with Crippen molar-refractivity contribution < 1.29 is 29.1 Å². The number of ether oxygens (including phenoxy) is 1. The summed E-state index contributed by atoms with van der Waals surface area (Å²) in [7, 11) is -9.94. The highest BCUT2D eigenvalue weighted by Gasteiger charge is 2.65. The van der Waals surface area contributed by atoms with Gasteiger partial charge in [0.2, 0.25) is 0 Å². The van der Waals surface area contributed by atoms with Crippen molar-refractivity contribution in [1.29, 1.82) is 0 Å². The summed E-state index contributed by atoms with van der Waals surface area (Å²) in [5.41, 5.74) is -0.690. The molecule has 1 aromatic rings. The van der Waals surface area contributed by atoms with Gasteiger partial charge in [-0.05, 0) is 24.1 Å². The first kappa shape index (κ1) is 15.7. The third kappa shape index (κ3) is 3.50. The van der Waals surface area contributed by atoms with Gasteiger partial charge in [-0.2, -0.15) is 0 Å². The summed E-state index contributed by atoms with van der Waals surface area (Å²) in [6, 6.07) is 0.788. The zero-order chi connectivity index (χ0) is 16.0. The molecule has 118 valence electrons. The van der Waals surface area contributed by atoms with Crippen molar-refractivity contribution in [3.05, 3.63) is 40.0 Å². The summed E-state index contributed by atoms with van der Waals surface area (Å²) >= 11 is 0. The maximum absolute atomic E-state index is 12.7. The van der Waals surface area contributed by atoms with Crippen molar-refractivity contribution in [3.63, 3.8) is 0 Å². The molecule has 10 heteroatoms. The van der Waals surface area contributed by atoms with Gasteiger partial charge in [0.25, 0.3) is 5.69 Å². The number of rotatable bonds is 3. The van der Waals surface area contributed by atoms with Gasteiger partial charge in [-0.15, -0.1) is 0 Å². The van der Waals surface area contributed by atoms with Gasteiger partial charge in [0.05, 0.1) is 23.7 Å². The van der Waals surface area contributed by atoms with Gasteiger partial charge >= 0.3 is 10.2 Å². The molecular weight excluding hydrogens is 321 g/mol. The highest BCUT2D eigenvalue weighted by atomic mass is 32.5. The van der Waals surface area contributed by atoms with Crippen LogP contribution in [0.5, 0.6) is 0 Å². The fourth-order valence-corrected chi connectivity index (χ4v) is 2.61. The number of nitro benzene ring substituents is 1. The molecule has 1 aromatic carbocycles. The third-order valence-corrected chi connectivity index (χ3v) is 4.07. The molecule has 0 radical (unpaired) electrons. The van der Waals surface area contributed by atoms with E-state index in [4.69, 9.17) is 4.74 Å². The molecule has 0 fully saturated rings. The summed E-state index contributed by atoms with van der Waals surface area (Å²) in [5.74, 6) is 0. The van der Waals surface area contributed by atoms with Gasteiger partial charge in [0.15, 0.2) is 0 Å². The lowest BCUT2D eigenvalue weighted by atomic mass is 10.00. The van der Waals surface area contributed by atoms with Crippen LogP contribution in [0, 0.1) is 10.1 Å². The lowest BCUT2D eigenvalue weighted by Gasteiger charge is -2.40. The maximum Gasteiger partial charge on any atom is 0.310 e. The predicted molar refractivity (Wildman–Crippen MR) is 67.9 cm³/mol. The molecule has 0 saturated carbocycles. The Kier molecular flexibility index (Phi) is 3.12. The van der Waals surface area contributed by atoms with E-state index in [-0.39, 0.29) is 37.3 Å². The zero-order valence-corrected chi connectivity index (χ0v) is 11.2. The number of halogens is 5. The molecule has 1 aliphatic rings. The first-order valence-electron chi connectivity index (χ1n) is 5.68. The van der Waals surface area contributed by atoms with E-state index in [2.05, 4.69) is 0 Å². The van der Waals surface area contributed by atoms with Crippen LogP contribution in [-0.4, -0.2) is 18.1 Å². The second kappa shape index (κ2) is 4.17. The normalized spacial score (nSPS) is 19.4. The average molecular weight is 331 g/mol. The first-order chi connectivity index (χ1) is 9.38. The summed E-state index contributed by atoms with van der Waals surface area (Å²) in [4.78, 5) is 7.54. The van der Waals surface area contributed by atoms with Gasteiger partial charge in [0.1, 0.15) is 4.90 Å². The average Bonchev–Trinajstić information content (AvgIpc) is 2.36. The van der Waals surface area contributed by atoms with Crippen LogP contribution in [-0.2, 0) is 4.74 Å². The monoisotopic (exact) mass is 331 g/mol. The summed E-state index contributed by atoms with van der Waals surface area (Å²) in [6.07, 6.45) is 1.74. The van der Waals surface area contributed by atoms with Crippen LogP contribution in [0.1, 0.15) is 12.0 Å². The van der Waals surface area contributed by atoms with Crippen LogP contribution in [0.2, 0.25) is 0 Å². The first-order valence-corrected chi connectivity index (χ1v) is 7.63. The Bertz CT molecular complexity index is 641. The van der Waals surface area contributed by atoms with Gasteiger partial charge < -0.3 is 4.74 Å². The molecule has 0 aromatic heterocycles. The molecule has 0 saturated heterocycles. The topological polar surface area (TPSA) is 52.4 Å². The smallest absolute Gasteiger partial charge is 0.310 e. The zero-order valence-electron chi connectivity index (χ0n) is 10.4. The van der Waals surface area contributed by atoms with Crippen LogP contribution in [0.4, 0.5) is 25.1 Å². The number of nitrogens with zero attached hydrogens (tertiary/aromatic N) is 1. The third-order valence-electron chi connectivity index (χ3n) is 2.92. The predicted octanol–water partition coefficient (Wildman–Crippen LogP) is 5.06. The van der Waals surface area contributed by atoms with Crippen molar-refractivity contribution in [1.82, 2.24) is 0 Å². The van der Waals surface area contributed by atoms with Crippen molar-refractivity contribution in [2.24, 2.45) is 0 Å². The van der Waals surface area contributed by atoms with Gasteiger partial charge in [-0.3, -0.25) is 10.1 Å². The van der Waals surface area contributed by atoms with E-state index in [0.717, 1.165) is 0 Å². The SMILES string of the molecule is O=[N+]([O-])c1cc(S(F)(F)(F)(F)F)ccc1C1=CCOCC1. The Morgan fingerprint density at radius 3 is 2.33 bits per heavy atom. The molecule has 21 heavy (non-hydrogen) atoms. The number of hydrogen-bond acceptors (Lipinski definition) is 3. The minimum absolute atomic E-state index is 0.103. The fourth-order valence-electron chi connectivity index (χ4n) is 1.95. The van der Waals surface area contributed by atoms with Gasteiger partial charge in [0, 0.05) is 6.07 Å². The van der Waals surface area contributed by atoms with Crippen LogP contribution < -0.4 is 0 Å². The van der Waals surface area contributed by atoms with Crippen molar-refractivity contribution in [2.45, 2.75) is 11.3 Å². The van der Waals surface area contributed by atoms with Gasteiger partial charge in [-0.1, -0.05) is 25.5 Å².